The number of amides is 1. The van der Waals surface area contributed by atoms with Crippen LogP contribution in [-0.4, -0.2) is 20.3 Å². The van der Waals surface area contributed by atoms with Crippen LogP contribution in [0.2, 0.25) is 0 Å². The number of halogens is 1. The first-order valence-electron chi connectivity index (χ1n) is 8.01. The van der Waals surface area contributed by atoms with Crippen LogP contribution in [0, 0.1) is 13.8 Å². The fraction of sp³-hybridized carbons (Fsp3) is 0.158. The van der Waals surface area contributed by atoms with E-state index in [1.807, 2.05) is 41.1 Å². The molecule has 126 valence electrons. The van der Waals surface area contributed by atoms with Crippen molar-refractivity contribution in [1.82, 2.24) is 19.7 Å². The fourth-order valence-corrected chi connectivity index (χ4v) is 3.30. The molecule has 4 aromatic rings. The summed E-state index contributed by atoms with van der Waals surface area (Å²) in [6.07, 6.45) is 3.86. The van der Waals surface area contributed by atoms with E-state index in [9.17, 15) is 4.79 Å². The monoisotopic (exact) mass is 396 g/mol. The Kier molecular flexibility index (Phi) is 3.84. The molecule has 0 atom stereocenters. The molecule has 1 aromatic carbocycles. The molecule has 0 bridgehead atoms. The van der Waals surface area contributed by atoms with Gasteiger partial charge in [0.1, 0.15) is 11.3 Å². The zero-order valence-electron chi connectivity index (χ0n) is 13.9. The number of fused-ring (bicyclic) bond motifs is 2. The van der Waals surface area contributed by atoms with E-state index in [0.29, 0.717) is 12.2 Å². The maximum absolute atomic E-state index is 12.5. The molecule has 0 saturated heterocycles. The van der Waals surface area contributed by atoms with Gasteiger partial charge in [0.25, 0.3) is 5.91 Å². The Morgan fingerprint density at radius 2 is 2.08 bits per heavy atom. The second-order valence-electron chi connectivity index (χ2n) is 6.18. The number of aryl methyl sites for hydroxylation is 2. The molecule has 0 fully saturated rings. The molecule has 5 nitrogen and oxygen atoms in total. The minimum atomic E-state index is -0.133. The van der Waals surface area contributed by atoms with Gasteiger partial charge in [-0.05, 0) is 65.2 Å². The number of nitrogens with one attached hydrogen (secondary N) is 2. The smallest absolute Gasteiger partial charge is 0.268 e. The molecule has 0 radical (unpaired) electrons. The van der Waals surface area contributed by atoms with Gasteiger partial charge in [0.05, 0.1) is 12.2 Å². The Balaban J connectivity index is 1.54. The van der Waals surface area contributed by atoms with Crippen molar-refractivity contribution in [1.29, 1.82) is 0 Å². The maximum Gasteiger partial charge on any atom is 0.268 e. The lowest BCUT2D eigenvalue weighted by atomic mass is 10.1. The topological polar surface area (TPSA) is 62.2 Å². The predicted octanol–water partition coefficient (Wildman–Crippen LogP) is 4.12. The van der Waals surface area contributed by atoms with Crippen LogP contribution in [0.15, 0.2) is 47.2 Å². The third-order valence-electron chi connectivity index (χ3n) is 4.48. The molecule has 3 heterocycles. The van der Waals surface area contributed by atoms with Crippen LogP contribution in [-0.2, 0) is 6.54 Å². The van der Waals surface area contributed by atoms with Crippen LogP contribution < -0.4 is 5.32 Å². The van der Waals surface area contributed by atoms with Crippen LogP contribution in [0.3, 0.4) is 0 Å². The average Bonchev–Trinajstić information content (AvgIpc) is 3.19. The molecule has 4 rings (SSSR count). The van der Waals surface area contributed by atoms with Crippen molar-refractivity contribution in [2.75, 3.05) is 0 Å². The average molecular weight is 397 g/mol. The second-order valence-corrected chi connectivity index (χ2v) is 7.10. The number of aromatic nitrogens is 3. The molecule has 25 heavy (non-hydrogen) atoms. The number of rotatable bonds is 3. The highest BCUT2D eigenvalue weighted by molar-refractivity contribution is 9.10. The number of H-pyrrole nitrogens is 1. The largest absolute Gasteiger partial charge is 0.351 e. The van der Waals surface area contributed by atoms with Crippen LogP contribution in [0.1, 0.15) is 27.3 Å². The highest BCUT2D eigenvalue weighted by Crippen LogP contribution is 2.22. The van der Waals surface area contributed by atoms with Crippen molar-refractivity contribution in [3.05, 3.63) is 69.7 Å². The lowest BCUT2D eigenvalue weighted by Gasteiger charge is -2.00. The number of nitrogens with zero attached hydrogens (tertiary/aromatic N) is 2. The molecule has 0 aliphatic carbocycles. The van der Waals surface area contributed by atoms with Gasteiger partial charge in [-0.1, -0.05) is 6.07 Å². The van der Waals surface area contributed by atoms with Gasteiger partial charge >= 0.3 is 0 Å². The first-order valence-corrected chi connectivity index (χ1v) is 8.81. The molecule has 0 saturated carbocycles. The molecule has 0 aliphatic rings. The van der Waals surface area contributed by atoms with Gasteiger partial charge in [-0.15, -0.1) is 0 Å². The maximum atomic E-state index is 12.5. The van der Waals surface area contributed by atoms with Gasteiger partial charge in [0.15, 0.2) is 0 Å². The van der Waals surface area contributed by atoms with Gasteiger partial charge in [0.2, 0.25) is 0 Å². The van der Waals surface area contributed by atoms with E-state index >= 15 is 0 Å². The Labute approximate surface area is 153 Å². The normalized spacial score (nSPS) is 11.3. The number of aromatic amines is 1. The molecule has 0 unspecified atom stereocenters. The lowest BCUT2D eigenvalue weighted by Crippen LogP contribution is -2.23. The van der Waals surface area contributed by atoms with Gasteiger partial charge in [0, 0.05) is 27.8 Å². The fourth-order valence-electron chi connectivity index (χ4n) is 2.95. The minimum Gasteiger partial charge on any atom is -0.351 e. The third-order valence-corrected chi connectivity index (χ3v) is 4.95. The predicted molar refractivity (Wildman–Crippen MR) is 102 cm³/mol. The summed E-state index contributed by atoms with van der Waals surface area (Å²) in [5.41, 5.74) is 5.62. The lowest BCUT2D eigenvalue weighted by molar-refractivity contribution is 0.0946. The summed E-state index contributed by atoms with van der Waals surface area (Å²) in [4.78, 5) is 20.2. The number of hydrogen-bond acceptors (Lipinski definition) is 2. The van der Waals surface area contributed by atoms with Crippen molar-refractivity contribution in [3.8, 4) is 0 Å². The SMILES string of the molecule is Cc1ccc2[nH]c(C(=O)NCc3cn4cc(Br)ccc4n3)cc2c1C. The van der Waals surface area contributed by atoms with Crippen LogP contribution in [0.5, 0.6) is 0 Å². The van der Waals surface area contributed by atoms with E-state index in [0.717, 1.165) is 26.7 Å². The quantitative estimate of drug-likeness (QED) is 0.546. The van der Waals surface area contributed by atoms with E-state index in [4.69, 9.17) is 0 Å². The molecule has 0 spiro atoms. The van der Waals surface area contributed by atoms with Crippen LogP contribution in [0.25, 0.3) is 16.6 Å². The summed E-state index contributed by atoms with van der Waals surface area (Å²) in [5, 5.41) is 4.01. The summed E-state index contributed by atoms with van der Waals surface area (Å²) in [6, 6.07) is 9.85. The molecular weight excluding hydrogens is 380 g/mol. The van der Waals surface area contributed by atoms with Crippen LogP contribution in [0.4, 0.5) is 0 Å². The highest BCUT2D eigenvalue weighted by atomic mass is 79.9. The van der Waals surface area contributed by atoms with E-state index in [1.165, 1.54) is 11.1 Å². The summed E-state index contributed by atoms with van der Waals surface area (Å²) in [6.45, 7) is 4.52. The first kappa shape index (κ1) is 15.9. The van der Waals surface area contributed by atoms with Crippen molar-refractivity contribution in [3.63, 3.8) is 0 Å². The number of benzene rings is 1. The van der Waals surface area contributed by atoms with Crippen molar-refractivity contribution < 1.29 is 4.79 Å². The Morgan fingerprint density at radius 3 is 2.92 bits per heavy atom. The Morgan fingerprint density at radius 1 is 1.24 bits per heavy atom. The van der Waals surface area contributed by atoms with Gasteiger partial charge in [-0.2, -0.15) is 0 Å². The number of imidazole rings is 1. The standard InChI is InChI=1S/C19H17BrN4O/c1-11-3-5-16-15(12(11)2)7-17(23-16)19(25)21-8-14-10-24-9-13(20)4-6-18(24)22-14/h3-7,9-10,23H,8H2,1-2H3,(H,21,25). The number of pyridine rings is 1. The highest BCUT2D eigenvalue weighted by Gasteiger charge is 2.12. The van der Waals surface area contributed by atoms with E-state index in [-0.39, 0.29) is 5.91 Å². The molecule has 3 aromatic heterocycles. The van der Waals surface area contributed by atoms with E-state index < -0.39 is 0 Å². The van der Waals surface area contributed by atoms with Crippen molar-refractivity contribution in [2.45, 2.75) is 20.4 Å². The number of carbonyl (C=O) groups is 1. The minimum absolute atomic E-state index is 0.133. The van der Waals surface area contributed by atoms with Crippen molar-refractivity contribution >= 4 is 38.4 Å². The third kappa shape index (κ3) is 2.93. The summed E-state index contributed by atoms with van der Waals surface area (Å²) in [7, 11) is 0. The number of carbonyl (C=O) groups excluding carboxylic acids is 1. The zero-order valence-corrected chi connectivity index (χ0v) is 15.5. The molecule has 1 amide bonds. The molecule has 6 heteroatoms. The zero-order chi connectivity index (χ0) is 17.6. The van der Waals surface area contributed by atoms with E-state index in [1.54, 1.807) is 0 Å². The van der Waals surface area contributed by atoms with Gasteiger partial charge in [-0.25, -0.2) is 4.98 Å². The second kappa shape index (κ2) is 6.04. The summed E-state index contributed by atoms with van der Waals surface area (Å²) in [5.74, 6) is -0.133. The summed E-state index contributed by atoms with van der Waals surface area (Å²) < 4.78 is 2.91. The summed E-state index contributed by atoms with van der Waals surface area (Å²) >= 11 is 3.44. The van der Waals surface area contributed by atoms with Crippen LogP contribution >= 0.6 is 15.9 Å². The van der Waals surface area contributed by atoms with E-state index in [2.05, 4.69) is 51.1 Å². The molecular formula is C19H17BrN4O. The molecule has 0 aliphatic heterocycles. The van der Waals surface area contributed by atoms with Crippen molar-refractivity contribution in [2.24, 2.45) is 0 Å². The number of hydrogen-bond donors (Lipinski definition) is 2. The molecule has 2 N–H and O–H groups in total. The Bertz CT molecular complexity index is 1110. The Hall–Kier alpha value is -2.60. The van der Waals surface area contributed by atoms with Gasteiger partial charge < -0.3 is 14.7 Å². The first-order chi connectivity index (χ1) is 12.0. The van der Waals surface area contributed by atoms with Gasteiger partial charge in [-0.3, -0.25) is 4.79 Å².